The van der Waals surface area contributed by atoms with Gasteiger partial charge in [0, 0.05) is 11.7 Å². The molecule has 0 saturated heterocycles. The largest absolute Gasteiger partial charge is 0.351 e. The van der Waals surface area contributed by atoms with E-state index < -0.39 is 5.54 Å². The van der Waals surface area contributed by atoms with E-state index in [1.54, 1.807) is 20.9 Å². The molecule has 5 rings (SSSR count). The van der Waals surface area contributed by atoms with Crippen molar-refractivity contribution < 1.29 is 9.59 Å². The van der Waals surface area contributed by atoms with Gasteiger partial charge in [0.05, 0.1) is 11.4 Å². The predicted octanol–water partition coefficient (Wildman–Crippen LogP) is 5.49. The average Bonchev–Trinajstić information content (AvgIpc) is 3.41. The third-order valence-corrected chi connectivity index (χ3v) is 8.09. The molecule has 1 aromatic carbocycles. The van der Waals surface area contributed by atoms with E-state index >= 15 is 0 Å². The Morgan fingerprint density at radius 2 is 1.88 bits per heavy atom. The Balaban J connectivity index is 1.57. The van der Waals surface area contributed by atoms with Crippen molar-refractivity contribution in [3.63, 3.8) is 0 Å². The molecule has 1 aliphatic carbocycles. The second-order valence-electron chi connectivity index (χ2n) is 9.92. The molecule has 7 heteroatoms. The summed E-state index contributed by atoms with van der Waals surface area (Å²) in [5.74, 6) is -0.293. The molecule has 3 heterocycles. The normalized spacial score (nSPS) is 21.3. The molecule has 6 nitrogen and oxygen atoms in total. The molecule has 2 aliphatic rings. The van der Waals surface area contributed by atoms with Gasteiger partial charge >= 0.3 is 0 Å². The van der Waals surface area contributed by atoms with Crippen LogP contribution in [0.5, 0.6) is 0 Å². The van der Waals surface area contributed by atoms with Gasteiger partial charge in [0.15, 0.2) is 0 Å². The van der Waals surface area contributed by atoms with Gasteiger partial charge in [-0.2, -0.15) is 5.10 Å². The first-order valence-electron chi connectivity index (χ1n) is 12.2. The zero-order valence-electron chi connectivity index (χ0n) is 20.1. The standard InChI is InChI=1S/C27H32N4O2S/c1-18-12-13-22(19(2)15-18)31-25(32)23-16-21(24-11-8-14-34-24)29-30(23)17-27(31,3)26(33)28-20-9-6-4-5-7-10-20/h8,11-16,20H,4-7,9-10,17H2,1-3H3,(H,28,33)/t27-/m0/s1. The summed E-state index contributed by atoms with van der Waals surface area (Å²) in [5.41, 5.74) is 3.08. The number of carbonyl (C=O) groups is 2. The zero-order valence-corrected chi connectivity index (χ0v) is 21.0. The Morgan fingerprint density at radius 3 is 2.56 bits per heavy atom. The highest BCUT2D eigenvalue weighted by Gasteiger charge is 2.49. The van der Waals surface area contributed by atoms with Gasteiger partial charge in [0.25, 0.3) is 5.91 Å². The molecule has 178 valence electrons. The van der Waals surface area contributed by atoms with Crippen LogP contribution in [0.2, 0.25) is 0 Å². The zero-order chi connectivity index (χ0) is 23.9. The lowest BCUT2D eigenvalue weighted by atomic mass is 9.92. The van der Waals surface area contributed by atoms with Crippen LogP contribution < -0.4 is 10.2 Å². The van der Waals surface area contributed by atoms with Crippen molar-refractivity contribution in [1.82, 2.24) is 15.1 Å². The van der Waals surface area contributed by atoms with Crippen molar-refractivity contribution in [1.29, 1.82) is 0 Å². The van der Waals surface area contributed by atoms with E-state index in [2.05, 4.69) is 11.4 Å². The number of thiophene rings is 1. The first kappa shape index (κ1) is 22.8. The maximum atomic E-state index is 14.0. The fourth-order valence-electron chi connectivity index (χ4n) is 5.32. The summed E-state index contributed by atoms with van der Waals surface area (Å²) < 4.78 is 1.73. The van der Waals surface area contributed by atoms with Crippen molar-refractivity contribution in [3.8, 4) is 10.6 Å². The number of anilines is 1. The summed E-state index contributed by atoms with van der Waals surface area (Å²) in [6.07, 6.45) is 6.70. The fourth-order valence-corrected chi connectivity index (χ4v) is 6.01. The SMILES string of the molecule is Cc1ccc(N2C(=O)c3cc(-c4cccs4)nn3C[C@@]2(C)C(=O)NC2CCCCCC2)c(C)c1. The van der Waals surface area contributed by atoms with Crippen molar-refractivity contribution in [2.24, 2.45) is 0 Å². The van der Waals surface area contributed by atoms with Crippen LogP contribution in [0.1, 0.15) is 67.1 Å². The van der Waals surface area contributed by atoms with Crippen LogP contribution in [0.15, 0.2) is 41.8 Å². The van der Waals surface area contributed by atoms with Crippen LogP contribution >= 0.6 is 11.3 Å². The van der Waals surface area contributed by atoms with Crippen molar-refractivity contribution in [3.05, 3.63) is 58.6 Å². The lowest BCUT2D eigenvalue weighted by molar-refractivity contribution is -0.127. The molecule has 0 unspecified atom stereocenters. The molecule has 1 saturated carbocycles. The second-order valence-corrected chi connectivity index (χ2v) is 10.9. The number of hydrogen-bond donors (Lipinski definition) is 1. The third-order valence-electron chi connectivity index (χ3n) is 7.20. The molecule has 34 heavy (non-hydrogen) atoms. The second kappa shape index (κ2) is 9.02. The Morgan fingerprint density at radius 1 is 1.12 bits per heavy atom. The van der Waals surface area contributed by atoms with Crippen LogP contribution in [0.4, 0.5) is 5.69 Å². The molecule has 2 aromatic heterocycles. The number of hydrogen-bond acceptors (Lipinski definition) is 4. The highest BCUT2D eigenvalue weighted by atomic mass is 32.1. The number of nitrogens with zero attached hydrogens (tertiary/aromatic N) is 3. The summed E-state index contributed by atoms with van der Waals surface area (Å²) in [5, 5.41) is 10.1. The molecule has 0 radical (unpaired) electrons. The molecule has 1 aliphatic heterocycles. The molecule has 0 spiro atoms. The highest BCUT2D eigenvalue weighted by molar-refractivity contribution is 7.13. The summed E-state index contributed by atoms with van der Waals surface area (Å²) >= 11 is 1.59. The first-order valence-corrected chi connectivity index (χ1v) is 13.1. The van der Waals surface area contributed by atoms with E-state index in [0.29, 0.717) is 12.2 Å². The first-order chi connectivity index (χ1) is 16.4. The topological polar surface area (TPSA) is 67.2 Å². The quantitative estimate of drug-likeness (QED) is 0.507. The summed E-state index contributed by atoms with van der Waals surface area (Å²) in [4.78, 5) is 30.6. The molecule has 1 atom stereocenters. The van der Waals surface area contributed by atoms with Crippen LogP contribution in [0.25, 0.3) is 10.6 Å². The number of benzene rings is 1. The van der Waals surface area contributed by atoms with Crippen molar-refractivity contribution in [2.45, 2.75) is 77.4 Å². The minimum absolute atomic E-state index is 0.105. The molecule has 2 amide bonds. The van der Waals surface area contributed by atoms with Gasteiger partial charge in [-0.15, -0.1) is 11.3 Å². The Hall–Kier alpha value is -2.93. The van der Waals surface area contributed by atoms with E-state index in [9.17, 15) is 9.59 Å². The molecule has 0 bridgehead atoms. The van der Waals surface area contributed by atoms with Crippen molar-refractivity contribution >= 4 is 28.8 Å². The molecule has 1 N–H and O–H groups in total. The van der Waals surface area contributed by atoms with Gasteiger partial charge < -0.3 is 5.32 Å². The molecule has 1 fully saturated rings. The van der Waals surface area contributed by atoms with Crippen LogP contribution in [-0.2, 0) is 11.3 Å². The van der Waals surface area contributed by atoms with Gasteiger partial charge in [-0.25, -0.2) is 0 Å². The number of nitrogens with one attached hydrogen (secondary N) is 1. The fraction of sp³-hybridized carbons (Fsp3) is 0.444. The minimum atomic E-state index is -1.09. The van der Waals surface area contributed by atoms with Gasteiger partial charge in [0.2, 0.25) is 5.91 Å². The lowest BCUT2D eigenvalue weighted by Crippen LogP contribution is -2.65. The van der Waals surface area contributed by atoms with E-state index in [1.165, 1.54) is 12.8 Å². The molecular formula is C27H32N4O2S. The Labute approximate surface area is 205 Å². The van der Waals surface area contributed by atoms with Crippen LogP contribution in [0, 0.1) is 13.8 Å². The number of fused-ring (bicyclic) bond motifs is 1. The lowest BCUT2D eigenvalue weighted by Gasteiger charge is -2.44. The Kier molecular flexibility index (Phi) is 6.06. The van der Waals surface area contributed by atoms with E-state index in [4.69, 9.17) is 5.10 Å². The highest BCUT2D eigenvalue weighted by Crippen LogP contribution is 2.37. The smallest absolute Gasteiger partial charge is 0.277 e. The van der Waals surface area contributed by atoms with Crippen LogP contribution in [0.3, 0.4) is 0 Å². The number of aromatic nitrogens is 2. The van der Waals surface area contributed by atoms with Gasteiger partial charge in [-0.1, -0.05) is 49.4 Å². The number of carbonyl (C=O) groups excluding carboxylic acids is 2. The monoisotopic (exact) mass is 476 g/mol. The van der Waals surface area contributed by atoms with E-state index in [-0.39, 0.29) is 17.9 Å². The minimum Gasteiger partial charge on any atom is -0.351 e. The van der Waals surface area contributed by atoms with E-state index in [1.807, 2.05) is 56.5 Å². The third kappa shape index (κ3) is 4.06. The van der Waals surface area contributed by atoms with E-state index in [0.717, 1.165) is 53.1 Å². The van der Waals surface area contributed by atoms with Crippen LogP contribution in [-0.4, -0.2) is 33.2 Å². The number of rotatable bonds is 4. The summed E-state index contributed by atoms with van der Waals surface area (Å²) in [6, 6.07) is 12.0. The predicted molar refractivity (Wildman–Crippen MR) is 136 cm³/mol. The Bertz CT molecular complexity index is 1210. The maximum absolute atomic E-state index is 14.0. The summed E-state index contributed by atoms with van der Waals surface area (Å²) in [6.45, 7) is 6.23. The number of aryl methyl sites for hydroxylation is 2. The molecular weight excluding hydrogens is 444 g/mol. The molecule has 3 aromatic rings. The van der Waals surface area contributed by atoms with Gasteiger partial charge in [-0.05, 0) is 62.8 Å². The maximum Gasteiger partial charge on any atom is 0.277 e. The summed E-state index contributed by atoms with van der Waals surface area (Å²) in [7, 11) is 0. The number of amides is 2. The van der Waals surface area contributed by atoms with Gasteiger partial charge in [-0.3, -0.25) is 19.2 Å². The van der Waals surface area contributed by atoms with Crippen molar-refractivity contribution in [2.75, 3.05) is 4.90 Å². The average molecular weight is 477 g/mol. The van der Waals surface area contributed by atoms with Gasteiger partial charge in [0.1, 0.15) is 16.9 Å².